The number of amides is 1. The fourth-order valence-corrected chi connectivity index (χ4v) is 4.17. The number of benzene rings is 2. The van der Waals surface area contributed by atoms with E-state index >= 15 is 0 Å². The molecule has 1 amide bonds. The maximum absolute atomic E-state index is 13.1. The van der Waals surface area contributed by atoms with Gasteiger partial charge in [-0.15, -0.1) is 0 Å². The van der Waals surface area contributed by atoms with E-state index in [2.05, 4.69) is 10.3 Å². The lowest BCUT2D eigenvalue weighted by Gasteiger charge is -2.27. The van der Waals surface area contributed by atoms with Gasteiger partial charge in [0.25, 0.3) is 5.91 Å². The van der Waals surface area contributed by atoms with Crippen molar-refractivity contribution in [2.24, 2.45) is 0 Å². The van der Waals surface area contributed by atoms with Crippen LogP contribution in [0, 0.1) is 0 Å². The molecule has 2 atom stereocenters. The molecule has 230 valence electrons. The van der Waals surface area contributed by atoms with Gasteiger partial charge in [0.15, 0.2) is 11.4 Å². The van der Waals surface area contributed by atoms with Crippen LogP contribution < -0.4 is 14.8 Å². The van der Waals surface area contributed by atoms with Crippen molar-refractivity contribution in [2.75, 3.05) is 7.11 Å². The van der Waals surface area contributed by atoms with E-state index in [0.717, 1.165) is 55.5 Å². The minimum Gasteiger partial charge on any atom is -0.493 e. The minimum absolute atomic E-state index is 0.0233. The normalized spacial score (nSPS) is 13.2. The zero-order valence-electron chi connectivity index (χ0n) is 23.2. The summed E-state index contributed by atoms with van der Waals surface area (Å²) < 4.78 is 94.4. The Kier molecular flexibility index (Phi) is 10.0. The van der Waals surface area contributed by atoms with Crippen LogP contribution in [0.1, 0.15) is 59.4 Å². The number of carbonyl (C=O) groups is 3. The molecule has 0 unspecified atom stereocenters. The third-order valence-corrected chi connectivity index (χ3v) is 6.22. The van der Waals surface area contributed by atoms with E-state index in [1.165, 1.54) is 33.2 Å². The second-order valence-electron chi connectivity index (χ2n) is 9.34. The molecule has 0 fully saturated rings. The maximum atomic E-state index is 13.1. The van der Waals surface area contributed by atoms with Gasteiger partial charge >= 0.3 is 24.3 Å². The van der Waals surface area contributed by atoms with Gasteiger partial charge in [0.1, 0.15) is 12.1 Å². The van der Waals surface area contributed by atoms with Crippen LogP contribution >= 0.6 is 0 Å². The molecule has 0 saturated heterocycles. The second-order valence-corrected chi connectivity index (χ2v) is 9.34. The molecule has 0 aliphatic heterocycles. The largest absolute Gasteiger partial charge is 0.493 e. The van der Waals surface area contributed by atoms with Gasteiger partial charge in [-0.1, -0.05) is 24.3 Å². The number of ether oxygens (including phenoxy) is 3. The molecule has 14 heteroatoms. The molecule has 3 rings (SSSR count). The third-order valence-electron chi connectivity index (χ3n) is 6.22. The zero-order chi connectivity index (χ0) is 32.1. The molecule has 3 aromatic rings. The lowest BCUT2D eigenvalue weighted by atomic mass is 9.86. The Labute approximate surface area is 242 Å². The van der Waals surface area contributed by atoms with Gasteiger partial charge in [-0.3, -0.25) is 9.59 Å². The first kappa shape index (κ1) is 32.9. The number of aromatic nitrogens is 1. The molecule has 0 spiro atoms. The fourth-order valence-electron chi connectivity index (χ4n) is 4.17. The third kappa shape index (κ3) is 8.23. The van der Waals surface area contributed by atoms with Crippen LogP contribution in [0.4, 0.5) is 26.3 Å². The van der Waals surface area contributed by atoms with Crippen LogP contribution in [0.3, 0.4) is 0 Å². The van der Waals surface area contributed by atoms with Crippen LogP contribution in [0.15, 0.2) is 60.8 Å². The van der Waals surface area contributed by atoms with Crippen LogP contribution in [0.5, 0.6) is 11.5 Å². The van der Waals surface area contributed by atoms with E-state index in [4.69, 9.17) is 14.2 Å². The highest BCUT2D eigenvalue weighted by molar-refractivity contribution is 5.98. The van der Waals surface area contributed by atoms with Crippen molar-refractivity contribution in [3.8, 4) is 11.5 Å². The molecule has 2 aromatic carbocycles. The Hall–Kier alpha value is -4.62. The predicted octanol–water partition coefficient (Wildman–Crippen LogP) is 5.94. The summed E-state index contributed by atoms with van der Waals surface area (Å²) in [5.74, 6) is -3.90. The van der Waals surface area contributed by atoms with Gasteiger partial charge in [-0.25, -0.2) is 9.78 Å². The molecule has 0 aliphatic carbocycles. The SMILES string of the molecule is COc1ccnc(C(=O)N[C@@H](C)C(=O)O[C@@H](C)C(c2ccc(C(F)(F)F)cc2)c2ccc(C(F)(F)F)cc2)c1OC(C)=O. The number of carbonyl (C=O) groups excluding carboxylic acids is 3. The summed E-state index contributed by atoms with van der Waals surface area (Å²) in [5, 5.41) is 2.36. The number of hydrogen-bond acceptors (Lipinski definition) is 7. The molecule has 0 saturated carbocycles. The van der Waals surface area contributed by atoms with E-state index in [9.17, 15) is 40.7 Å². The number of rotatable bonds is 9. The smallest absolute Gasteiger partial charge is 0.416 e. The van der Waals surface area contributed by atoms with Gasteiger partial charge in [0.05, 0.1) is 18.2 Å². The maximum Gasteiger partial charge on any atom is 0.416 e. The van der Waals surface area contributed by atoms with E-state index in [1.54, 1.807) is 0 Å². The lowest BCUT2D eigenvalue weighted by molar-refractivity contribution is -0.150. The number of methoxy groups -OCH3 is 1. The molecular weight excluding hydrogens is 586 g/mol. The quantitative estimate of drug-likeness (QED) is 0.236. The van der Waals surface area contributed by atoms with Gasteiger partial charge in [0.2, 0.25) is 5.75 Å². The number of esters is 2. The molecule has 0 aliphatic rings. The Morgan fingerprint density at radius 3 is 1.72 bits per heavy atom. The Morgan fingerprint density at radius 2 is 1.30 bits per heavy atom. The van der Waals surface area contributed by atoms with Gasteiger partial charge < -0.3 is 19.5 Å². The van der Waals surface area contributed by atoms with E-state index in [-0.39, 0.29) is 28.3 Å². The summed E-state index contributed by atoms with van der Waals surface area (Å²) in [5.41, 5.74) is -1.78. The van der Waals surface area contributed by atoms with Crippen LogP contribution in [0.25, 0.3) is 0 Å². The average molecular weight is 613 g/mol. The zero-order valence-corrected chi connectivity index (χ0v) is 23.2. The molecular formula is C29H26F6N2O6. The molecule has 1 heterocycles. The number of alkyl halides is 6. The van der Waals surface area contributed by atoms with E-state index in [1.807, 2.05) is 0 Å². The number of nitrogens with zero attached hydrogens (tertiary/aromatic N) is 1. The molecule has 43 heavy (non-hydrogen) atoms. The average Bonchev–Trinajstić information content (AvgIpc) is 2.92. The van der Waals surface area contributed by atoms with Crippen molar-refractivity contribution < 1.29 is 54.9 Å². The number of hydrogen-bond donors (Lipinski definition) is 1. The minimum atomic E-state index is -4.62. The van der Waals surface area contributed by atoms with Crippen molar-refractivity contribution >= 4 is 17.8 Å². The van der Waals surface area contributed by atoms with Crippen molar-refractivity contribution in [2.45, 2.75) is 51.2 Å². The molecule has 1 N–H and O–H groups in total. The number of pyridine rings is 1. The first-order chi connectivity index (χ1) is 20.0. The summed E-state index contributed by atoms with van der Waals surface area (Å²) in [4.78, 5) is 41.3. The van der Waals surface area contributed by atoms with Gasteiger partial charge in [0, 0.05) is 25.1 Å². The standard InChI is InChI=1S/C29H26F6N2O6/c1-15(37-26(39)24-25(43-17(3)38)22(41-4)13-14-36-24)27(40)42-16(2)23(18-5-9-20(10-6-18)28(30,31)32)19-7-11-21(12-8-19)29(33,34)35/h5-16,23H,1-4H3,(H,37,39)/t15-,16-/m0/s1. The Morgan fingerprint density at radius 1 is 0.814 bits per heavy atom. The van der Waals surface area contributed by atoms with Crippen LogP contribution in [-0.4, -0.2) is 42.1 Å². The highest BCUT2D eigenvalue weighted by Gasteiger charge is 2.34. The molecule has 1 aromatic heterocycles. The van der Waals surface area contributed by atoms with E-state index in [0.29, 0.717) is 0 Å². The first-order valence-electron chi connectivity index (χ1n) is 12.6. The highest BCUT2D eigenvalue weighted by atomic mass is 19.4. The summed E-state index contributed by atoms with van der Waals surface area (Å²) >= 11 is 0. The summed E-state index contributed by atoms with van der Waals surface area (Å²) in [6.07, 6.45) is -9.15. The fraction of sp³-hybridized carbons (Fsp3) is 0.310. The monoisotopic (exact) mass is 612 g/mol. The summed E-state index contributed by atoms with van der Waals surface area (Å²) in [6, 6.07) is 7.86. The van der Waals surface area contributed by atoms with Crippen molar-refractivity contribution in [1.29, 1.82) is 0 Å². The highest BCUT2D eigenvalue weighted by Crippen LogP contribution is 2.36. The van der Waals surface area contributed by atoms with Crippen molar-refractivity contribution in [3.05, 3.63) is 88.7 Å². The van der Waals surface area contributed by atoms with Crippen molar-refractivity contribution in [1.82, 2.24) is 10.3 Å². The second kappa shape index (κ2) is 13.1. The Balaban J connectivity index is 1.86. The van der Waals surface area contributed by atoms with Crippen molar-refractivity contribution in [3.63, 3.8) is 0 Å². The summed E-state index contributed by atoms with van der Waals surface area (Å²) in [6.45, 7) is 3.79. The van der Waals surface area contributed by atoms with Gasteiger partial charge in [-0.05, 0) is 49.2 Å². The van der Waals surface area contributed by atoms with Crippen LogP contribution in [-0.2, 0) is 26.7 Å². The van der Waals surface area contributed by atoms with Gasteiger partial charge in [-0.2, -0.15) is 26.3 Å². The number of halogens is 6. The first-order valence-corrected chi connectivity index (χ1v) is 12.6. The number of nitrogens with one attached hydrogen (secondary N) is 1. The van der Waals surface area contributed by atoms with E-state index < -0.39 is 59.4 Å². The lowest BCUT2D eigenvalue weighted by Crippen LogP contribution is -2.41. The molecule has 0 radical (unpaired) electrons. The van der Waals surface area contributed by atoms with Crippen LogP contribution in [0.2, 0.25) is 0 Å². The summed E-state index contributed by atoms with van der Waals surface area (Å²) in [7, 11) is 1.27. The topological polar surface area (TPSA) is 104 Å². The molecule has 0 bridgehead atoms. The molecule has 8 nitrogen and oxygen atoms in total. The Bertz CT molecular complexity index is 1400. The predicted molar refractivity (Wildman–Crippen MR) is 139 cm³/mol.